The Hall–Kier alpha value is -0.780. The number of hydrogen-bond acceptors (Lipinski definition) is 0. The first-order valence-corrected chi connectivity index (χ1v) is 8.48. The molecule has 3 unspecified atom stereocenters. The molecule has 0 aromatic heterocycles. The molecule has 4 aliphatic carbocycles. The van der Waals surface area contributed by atoms with Crippen molar-refractivity contribution in [1.29, 1.82) is 0 Å². The largest absolute Gasteiger partial charge is 0.0805 e. The molecule has 2 saturated carbocycles. The summed E-state index contributed by atoms with van der Waals surface area (Å²) in [6.45, 7) is 0. The Morgan fingerprint density at radius 2 is 1.63 bits per heavy atom. The maximum Gasteiger partial charge on any atom is 0.00157 e. The topological polar surface area (TPSA) is 0 Å². The second-order valence-corrected chi connectivity index (χ2v) is 7.19. The van der Waals surface area contributed by atoms with Gasteiger partial charge in [0.05, 0.1) is 0 Å². The minimum Gasteiger partial charge on any atom is -0.0805 e. The molecule has 0 N–H and O–H groups in total. The number of rotatable bonds is 2. The Balaban J connectivity index is 1.62. The maximum absolute atomic E-state index is 2.70. The normalized spacial score (nSPS) is 38.9. The predicted octanol–water partition coefficient (Wildman–Crippen LogP) is 5.28. The summed E-state index contributed by atoms with van der Waals surface area (Å²) in [6.07, 6.45) is 24.0. The lowest BCUT2D eigenvalue weighted by Gasteiger charge is -2.39. The van der Waals surface area contributed by atoms with Crippen molar-refractivity contribution in [2.45, 2.75) is 51.4 Å². The van der Waals surface area contributed by atoms with Crippen LogP contribution in [-0.2, 0) is 0 Å². The molecule has 0 bridgehead atoms. The molecule has 0 aromatic carbocycles. The van der Waals surface area contributed by atoms with Crippen LogP contribution >= 0.6 is 0 Å². The van der Waals surface area contributed by atoms with Crippen molar-refractivity contribution in [2.75, 3.05) is 0 Å². The zero-order chi connectivity index (χ0) is 12.7. The first-order chi connectivity index (χ1) is 9.42. The van der Waals surface area contributed by atoms with Crippen LogP contribution in [0.3, 0.4) is 0 Å². The molecule has 102 valence electrons. The van der Waals surface area contributed by atoms with Crippen molar-refractivity contribution in [3.05, 3.63) is 36.0 Å². The summed E-state index contributed by atoms with van der Waals surface area (Å²) in [6, 6.07) is 0. The van der Waals surface area contributed by atoms with Gasteiger partial charge in [-0.2, -0.15) is 0 Å². The number of hydrogen-bond donors (Lipinski definition) is 0. The van der Waals surface area contributed by atoms with Gasteiger partial charge >= 0.3 is 0 Å². The van der Waals surface area contributed by atoms with Gasteiger partial charge in [0.25, 0.3) is 0 Å². The zero-order valence-corrected chi connectivity index (χ0v) is 11.9. The SMILES string of the molecule is C1=CC2C=C(C3CCCCC3)C(C3CC3)CC2C=C1. The van der Waals surface area contributed by atoms with Crippen molar-refractivity contribution in [3.63, 3.8) is 0 Å². The van der Waals surface area contributed by atoms with E-state index in [1.807, 2.05) is 5.57 Å². The number of allylic oxidation sites excluding steroid dienone is 6. The highest BCUT2D eigenvalue weighted by Crippen LogP contribution is 2.52. The predicted molar refractivity (Wildman–Crippen MR) is 80.7 cm³/mol. The summed E-state index contributed by atoms with van der Waals surface area (Å²) in [4.78, 5) is 0. The minimum atomic E-state index is 0.719. The van der Waals surface area contributed by atoms with Gasteiger partial charge in [-0.15, -0.1) is 0 Å². The minimum absolute atomic E-state index is 0.719. The van der Waals surface area contributed by atoms with Crippen molar-refractivity contribution >= 4 is 0 Å². The van der Waals surface area contributed by atoms with Gasteiger partial charge in [0.15, 0.2) is 0 Å². The Kier molecular flexibility index (Phi) is 3.13. The van der Waals surface area contributed by atoms with Gasteiger partial charge in [0.1, 0.15) is 0 Å². The number of fused-ring (bicyclic) bond motifs is 1. The lowest BCUT2D eigenvalue weighted by atomic mass is 9.66. The molecule has 0 radical (unpaired) electrons. The molecular weight excluding hydrogens is 228 g/mol. The van der Waals surface area contributed by atoms with E-state index in [4.69, 9.17) is 0 Å². The zero-order valence-electron chi connectivity index (χ0n) is 11.9. The Morgan fingerprint density at radius 3 is 2.42 bits per heavy atom. The fourth-order valence-electron chi connectivity index (χ4n) is 4.70. The molecule has 0 saturated heterocycles. The highest BCUT2D eigenvalue weighted by atomic mass is 14.5. The first kappa shape index (κ1) is 12.0. The summed E-state index contributed by atoms with van der Waals surface area (Å²) in [5.74, 6) is 4.47. The Morgan fingerprint density at radius 1 is 0.842 bits per heavy atom. The third kappa shape index (κ3) is 2.35. The molecule has 4 rings (SSSR count). The van der Waals surface area contributed by atoms with Gasteiger partial charge in [0, 0.05) is 5.92 Å². The summed E-state index contributed by atoms with van der Waals surface area (Å²) < 4.78 is 0. The molecule has 3 atom stereocenters. The van der Waals surface area contributed by atoms with Crippen molar-refractivity contribution in [2.24, 2.45) is 29.6 Å². The van der Waals surface area contributed by atoms with E-state index in [1.165, 1.54) is 51.4 Å². The molecule has 0 heteroatoms. The molecule has 0 heterocycles. The Bertz CT molecular complexity index is 415. The monoisotopic (exact) mass is 254 g/mol. The van der Waals surface area contributed by atoms with E-state index in [0.717, 1.165) is 29.6 Å². The first-order valence-electron chi connectivity index (χ1n) is 8.48. The van der Waals surface area contributed by atoms with Gasteiger partial charge in [0.2, 0.25) is 0 Å². The van der Waals surface area contributed by atoms with E-state index >= 15 is 0 Å². The average Bonchev–Trinajstić information content (AvgIpc) is 3.31. The smallest absolute Gasteiger partial charge is 0.00157 e. The van der Waals surface area contributed by atoms with Crippen LogP contribution in [0.15, 0.2) is 36.0 Å². The molecule has 0 amide bonds. The lowest BCUT2D eigenvalue weighted by Crippen LogP contribution is -2.28. The molecule has 0 aliphatic heterocycles. The fourth-order valence-corrected chi connectivity index (χ4v) is 4.70. The van der Waals surface area contributed by atoms with Crippen molar-refractivity contribution < 1.29 is 0 Å². The molecule has 0 spiro atoms. The Labute approximate surface area is 117 Å². The van der Waals surface area contributed by atoms with Crippen molar-refractivity contribution in [1.82, 2.24) is 0 Å². The third-order valence-corrected chi connectivity index (χ3v) is 5.90. The van der Waals surface area contributed by atoms with Crippen LogP contribution < -0.4 is 0 Å². The van der Waals surface area contributed by atoms with Crippen LogP contribution in [0.2, 0.25) is 0 Å². The van der Waals surface area contributed by atoms with Crippen LogP contribution in [0.25, 0.3) is 0 Å². The molecule has 0 nitrogen and oxygen atoms in total. The summed E-state index contributed by atoms with van der Waals surface area (Å²) in [5, 5.41) is 0. The van der Waals surface area contributed by atoms with E-state index in [0.29, 0.717) is 0 Å². The van der Waals surface area contributed by atoms with Gasteiger partial charge in [-0.1, -0.05) is 55.2 Å². The summed E-state index contributed by atoms with van der Waals surface area (Å²) >= 11 is 0. The molecule has 4 aliphatic rings. The third-order valence-electron chi connectivity index (χ3n) is 5.90. The molecule has 0 aromatic rings. The van der Waals surface area contributed by atoms with E-state index in [9.17, 15) is 0 Å². The van der Waals surface area contributed by atoms with Gasteiger partial charge in [-0.3, -0.25) is 0 Å². The molecule has 19 heavy (non-hydrogen) atoms. The highest BCUT2D eigenvalue weighted by Gasteiger charge is 2.40. The summed E-state index contributed by atoms with van der Waals surface area (Å²) in [7, 11) is 0. The fraction of sp³-hybridized carbons (Fsp3) is 0.684. The van der Waals surface area contributed by atoms with Gasteiger partial charge < -0.3 is 0 Å². The van der Waals surface area contributed by atoms with E-state index < -0.39 is 0 Å². The second kappa shape index (κ2) is 4.96. The second-order valence-electron chi connectivity index (χ2n) is 7.19. The van der Waals surface area contributed by atoms with Crippen LogP contribution in [-0.4, -0.2) is 0 Å². The van der Waals surface area contributed by atoms with Crippen LogP contribution in [0, 0.1) is 29.6 Å². The van der Waals surface area contributed by atoms with E-state index in [1.54, 1.807) is 0 Å². The summed E-state index contributed by atoms with van der Waals surface area (Å²) in [5.41, 5.74) is 1.89. The van der Waals surface area contributed by atoms with E-state index in [-0.39, 0.29) is 0 Å². The van der Waals surface area contributed by atoms with Crippen LogP contribution in [0.1, 0.15) is 51.4 Å². The van der Waals surface area contributed by atoms with E-state index in [2.05, 4.69) is 30.4 Å². The maximum atomic E-state index is 2.70. The highest BCUT2D eigenvalue weighted by molar-refractivity contribution is 5.28. The molecular formula is C19H26. The van der Waals surface area contributed by atoms with Crippen molar-refractivity contribution in [3.8, 4) is 0 Å². The van der Waals surface area contributed by atoms with Gasteiger partial charge in [-0.25, -0.2) is 0 Å². The quantitative estimate of drug-likeness (QED) is 0.588. The van der Waals surface area contributed by atoms with Crippen LogP contribution in [0.5, 0.6) is 0 Å². The standard InChI is InChI=1S/C19H26/c1-2-6-14(7-3-1)18-12-16-8-4-5-9-17(16)13-19(18)15-10-11-15/h4-5,8-9,12,14-17,19H,1-3,6-7,10-11,13H2. The molecule has 2 fully saturated rings. The lowest BCUT2D eigenvalue weighted by molar-refractivity contribution is 0.296. The van der Waals surface area contributed by atoms with Crippen LogP contribution in [0.4, 0.5) is 0 Å². The van der Waals surface area contributed by atoms with Gasteiger partial charge in [-0.05, 0) is 55.8 Å². The average molecular weight is 254 g/mol.